The van der Waals surface area contributed by atoms with E-state index < -0.39 is 17.7 Å². The van der Waals surface area contributed by atoms with Crippen LogP contribution in [-0.4, -0.2) is 21.8 Å². The van der Waals surface area contributed by atoms with Gasteiger partial charge in [0.05, 0.1) is 21.8 Å². The number of hydrogen-bond acceptors (Lipinski definition) is 5. The van der Waals surface area contributed by atoms with Crippen molar-refractivity contribution in [3.05, 3.63) is 98.5 Å². The molecular weight excluding hydrogens is 524 g/mol. The van der Waals surface area contributed by atoms with Crippen LogP contribution in [0.4, 0.5) is 5.13 Å². The Morgan fingerprint density at radius 1 is 1.06 bits per heavy atom. The van der Waals surface area contributed by atoms with Crippen LogP contribution < -0.4 is 4.90 Å². The van der Waals surface area contributed by atoms with E-state index in [1.165, 1.54) is 16.2 Å². The van der Waals surface area contributed by atoms with Crippen molar-refractivity contribution < 1.29 is 14.7 Å². The van der Waals surface area contributed by atoms with Crippen molar-refractivity contribution >= 4 is 71.7 Å². The second-order valence-corrected chi connectivity index (χ2v) is 10.1. The van der Waals surface area contributed by atoms with E-state index in [1.807, 2.05) is 49.4 Å². The molecule has 1 amide bonds. The molecule has 1 unspecified atom stereocenters. The van der Waals surface area contributed by atoms with Crippen molar-refractivity contribution in [2.24, 2.45) is 0 Å². The third kappa shape index (κ3) is 3.86. The molecule has 3 aromatic carbocycles. The summed E-state index contributed by atoms with van der Waals surface area (Å²) in [7, 11) is 0. The number of aliphatic hydroxyl groups is 1. The third-order valence-corrected chi connectivity index (χ3v) is 7.28. The van der Waals surface area contributed by atoms with Crippen LogP contribution in [0.5, 0.6) is 0 Å². The zero-order valence-corrected chi connectivity index (χ0v) is 20.4. The Bertz CT molecular complexity index is 1450. The lowest BCUT2D eigenvalue weighted by atomic mass is 9.95. The average Bonchev–Trinajstić information content (AvgIpc) is 3.32. The second kappa shape index (κ2) is 8.41. The van der Waals surface area contributed by atoms with Crippen LogP contribution in [0.25, 0.3) is 16.0 Å². The van der Waals surface area contributed by atoms with Gasteiger partial charge < -0.3 is 5.11 Å². The molecule has 8 heteroatoms. The van der Waals surface area contributed by atoms with Gasteiger partial charge >= 0.3 is 5.91 Å². The zero-order valence-electron chi connectivity index (χ0n) is 17.3. The lowest BCUT2D eigenvalue weighted by molar-refractivity contribution is -0.132. The normalized spacial score (nSPS) is 17.8. The third-order valence-electron chi connectivity index (χ3n) is 5.49. The van der Waals surface area contributed by atoms with Gasteiger partial charge in [0.15, 0.2) is 5.13 Å². The van der Waals surface area contributed by atoms with Crippen LogP contribution in [-0.2, 0) is 9.59 Å². The summed E-state index contributed by atoms with van der Waals surface area (Å²) in [5, 5.41) is 12.0. The van der Waals surface area contributed by atoms with E-state index in [4.69, 9.17) is 11.6 Å². The smallest absolute Gasteiger partial charge is 0.301 e. The number of aliphatic hydroxyl groups excluding tert-OH is 1. The van der Waals surface area contributed by atoms with Gasteiger partial charge in [-0.3, -0.25) is 14.5 Å². The molecule has 1 aliphatic heterocycles. The molecule has 1 saturated heterocycles. The number of amides is 1. The highest BCUT2D eigenvalue weighted by molar-refractivity contribution is 9.10. The molecule has 2 heterocycles. The Balaban J connectivity index is 1.73. The molecule has 0 spiro atoms. The Hall–Kier alpha value is -3.00. The fourth-order valence-electron chi connectivity index (χ4n) is 3.88. The minimum atomic E-state index is -0.824. The highest BCUT2D eigenvalue weighted by Gasteiger charge is 2.48. The largest absolute Gasteiger partial charge is 0.507 e. The first kappa shape index (κ1) is 21.8. The Labute approximate surface area is 207 Å². The Kier molecular flexibility index (Phi) is 5.56. The first-order chi connectivity index (χ1) is 15.8. The number of nitrogens with zero attached hydrogens (tertiary/aromatic N) is 2. The molecule has 0 aliphatic carbocycles. The van der Waals surface area contributed by atoms with Crippen LogP contribution in [0.2, 0.25) is 5.02 Å². The van der Waals surface area contributed by atoms with Crippen molar-refractivity contribution in [1.82, 2.24) is 4.98 Å². The fourth-order valence-corrected chi connectivity index (χ4v) is 5.36. The second-order valence-electron chi connectivity index (χ2n) is 7.70. The molecule has 33 heavy (non-hydrogen) atoms. The SMILES string of the molecule is Cc1ccc2nc(N3C(=O)C(=O)/C(=C(/O)c4ccc(Cl)cc4)C3c3ccc(Br)cc3)sc2c1. The number of aryl methyl sites for hydroxylation is 1. The van der Waals surface area contributed by atoms with Crippen LogP contribution in [0, 0.1) is 6.92 Å². The van der Waals surface area contributed by atoms with E-state index in [2.05, 4.69) is 20.9 Å². The number of fused-ring (bicyclic) bond motifs is 1. The minimum Gasteiger partial charge on any atom is -0.507 e. The maximum absolute atomic E-state index is 13.3. The van der Waals surface area contributed by atoms with Crippen molar-refractivity contribution in [1.29, 1.82) is 0 Å². The standard InChI is InChI=1S/C25H16BrClN2O3S/c1-13-2-11-18-19(12-13)33-25(28-18)29-21(14-3-7-16(26)8-4-14)20(23(31)24(29)32)22(30)15-5-9-17(27)10-6-15/h2-12,21,30H,1H3/b22-20+. The van der Waals surface area contributed by atoms with Gasteiger partial charge in [-0.1, -0.05) is 57.1 Å². The first-order valence-corrected chi connectivity index (χ1v) is 12.0. The number of thiazole rings is 1. The number of carbonyl (C=O) groups excluding carboxylic acids is 2. The van der Waals surface area contributed by atoms with Crippen LogP contribution in [0.3, 0.4) is 0 Å². The lowest BCUT2D eigenvalue weighted by Crippen LogP contribution is -2.29. The van der Waals surface area contributed by atoms with E-state index in [0.717, 1.165) is 20.3 Å². The molecule has 1 N–H and O–H groups in total. The van der Waals surface area contributed by atoms with Crippen molar-refractivity contribution in [2.45, 2.75) is 13.0 Å². The first-order valence-electron chi connectivity index (χ1n) is 10.0. The van der Waals surface area contributed by atoms with Crippen LogP contribution in [0.15, 0.2) is 76.8 Å². The molecule has 0 radical (unpaired) electrons. The number of ketones is 1. The molecule has 5 nitrogen and oxygen atoms in total. The number of halogens is 2. The molecule has 1 fully saturated rings. The van der Waals surface area contributed by atoms with Gasteiger partial charge in [-0.15, -0.1) is 0 Å². The maximum Gasteiger partial charge on any atom is 0.301 e. The summed E-state index contributed by atoms with van der Waals surface area (Å²) in [6.07, 6.45) is 0. The monoisotopic (exact) mass is 538 g/mol. The van der Waals surface area contributed by atoms with E-state index in [0.29, 0.717) is 21.3 Å². The predicted octanol–water partition coefficient (Wildman–Crippen LogP) is 6.65. The molecule has 0 saturated carbocycles. The molecule has 1 aromatic heterocycles. The molecule has 164 valence electrons. The quantitative estimate of drug-likeness (QED) is 0.180. The van der Waals surface area contributed by atoms with Crippen molar-refractivity contribution in [3.8, 4) is 0 Å². The number of anilines is 1. The van der Waals surface area contributed by atoms with Gasteiger partial charge in [0, 0.05) is 15.1 Å². The summed E-state index contributed by atoms with van der Waals surface area (Å²) < 4.78 is 1.77. The summed E-state index contributed by atoms with van der Waals surface area (Å²) in [5.41, 5.74) is 2.92. The number of rotatable bonds is 3. The summed E-state index contributed by atoms with van der Waals surface area (Å²) in [6, 6.07) is 18.8. The van der Waals surface area contributed by atoms with Crippen molar-refractivity contribution in [3.63, 3.8) is 0 Å². The number of benzene rings is 3. The van der Waals surface area contributed by atoms with Crippen LogP contribution >= 0.6 is 38.9 Å². The summed E-state index contributed by atoms with van der Waals surface area (Å²) >= 11 is 10.7. The average molecular weight is 540 g/mol. The van der Waals surface area contributed by atoms with Gasteiger partial charge in [0.2, 0.25) is 0 Å². The Morgan fingerprint density at radius 3 is 2.45 bits per heavy atom. The number of hydrogen-bond donors (Lipinski definition) is 1. The minimum absolute atomic E-state index is 0.0140. The van der Waals surface area contributed by atoms with Gasteiger partial charge in [-0.05, 0) is 66.6 Å². The number of aromatic nitrogens is 1. The van der Waals surface area contributed by atoms with Crippen LogP contribution in [0.1, 0.15) is 22.7 Å². The van der Waals surface area contributed by atoms with Crippen molar-refractivity contribution in [2.75, 3.05) is 4.90 Å². The van der Waals surface area contributed by atoms with E-state index in [9.17, 15) is 14.7 Å². The Morgan fingerprint density at radius 2 is 1.76 bits per heavy atom. The van der Waals surface area contributed by atoms with E-state index in [1.54, 1.807) is 24.3 Å². The molecule has 4 aromatic rings. The highest BCUT2D eigenvalue weighted by atomic mass is 79.9. The maximum atomic E-state index is 13.3. The molecular formula is C25H16BrClN2O3S. The highest BCUT2D eigenvalue weighted by Crippen LogP contribution is 2.44. The molecule has 5 rings (SSSR count). The molecule has 0 bridgehead atoms. The topological polar surface area (TPSA) is 70.5 Å². The van der Waals surface area contributed by atoms with E-state index >= 15 is 0 Å². The number of Topliss-reactive ketones (excluding diaryl/α,β-unsaturated/α-hetero) is 1. The van der Waals surface area contributed by atoms with Gasteiger partial charge in [0.25, 0.3) is 5.78 Å². The zero-order chi connectivity index (χ0) is 23.3. The van der Waals surface area contributed by atoms with Gasteiger partial charge in [-0.25, -0.2) is 4.98 Å². The number of carbonyl (C=O) groups is 2. The molecule has 1 aliphatic rings. The summed E-state index contributed by atoms with van der Waals surface area (Å²) in [6.45, 7) is 1.99. The summed E-state index contributed by atoms with van der Waals surface area (Å²) in [5.74, 6) is -1.74. The predicted molar refractivity (Wildman–Crippen MR) is 135 cm³/mol. The molecule has 1 atom stereocenters. The van der Waals surface area contributed by atoms with E-state index in [-0.39, 0.29) is 11.3 Å². The van der Waals surface area contributed by atoms with Gasteiger partial charge in [0.1, 0.15) is 5.76 Å². The summed E-state index contributed by atoms with van der Waals surface area (Å²) in [4.78, 5) is 32.5. The lowest BCUT2D eigenvalue weighted by Gasteiger charge is -2.23. The fraction of sp³-hybridized carbons (Fsp3) is 0.0800. The van der Waals surface area contributed by atoms with Gasteiger partial charge in [-0.2, -0.15) is 0 Å².